The van der Waals surface area contributed by atoms with Gasteiger partial charge in [-0.3, -0.25) is 9.59 Å². The van der Waals surface area contributed by atoms with Gasteiger partial charge in [0.15, 0.2) is 0 Å². The molecule has 0 aromatic carbocycles. The molecule has 0 aliphatic carbocycles. The highest BCUT2D eigenvalue weighted by Gasteiger charge is 2.20. The first-order valence-electron chi connectivity index (χ1n) is 23.1. The van der Waals surface area contributed by atoms with Gasteiger partial charge in [-0.15, -0.1) is 0 Å². The summed E-state index contributed by atoms with van der Waals surface area (Å²) in [6, 6.07) is -1.78. The van der Waals surface area contributed by atoms with Gasteiger partial charge in [0, 0.05) is 22.4 Å². The number of unbranched alkanes of at least 4 members (excludes halogenated alkanes) is 22. The molecule has 0 saturated heterocycles. The van der Waals surface area contributed by atoms with Gasteiger partial charge >= 0.3 is 11.9 Å². The van der Waals surface area contributed by atoms with E-state index in [-0.39, 0.29) is 12.4 Å². The number of rotatable bonds is 36. The molecule has 280 valence electrons. The molecule has 0 radical (unpaired) electrons. The van der Waals surface area contributed by atoms with Gasteiger partial charge in [-0.25, -0.2) is 4.79 Å². The monoisotopic (exact) mass is 683 g/mol. The quantitative estimate of drug-likeness (QED) is 0.0390. The maximum atomic E-state index is 12.3. The second-order valence-electron chi connectivity index (χ2n) is 13.4. The molecule has 48 heavy (non-hydrogen) atoms. The number of aliphatic carboxylic acids is 1. The van der Waals surface area contributed by atoms with Crippen molar-refractivity contribution >= 4 is 17.8 Å². The highest BCUT2D eigenvalue weighted by Crippen LogP contribution is 2.13. The third kappa shape index (κ3) is 35.2. The number of carbonyl (C=O) groups excluding carboxylic acids is 2. The van der Waals surface area contributed by atoms with Crippen LogP contribution in [-0.2, 0) is 19.1 Å². The van der Waals surface area contributed by atoms with Gasteiger partial charge < -0.3 is 15.2 Å². The molecule has 0 bridgehead atoms. The lowest BCUT2D eigenvalue weighted by atomic mass is 10.0. The highest BCUT2D eigenvalue weighted by molar-refractivity contribution is 5.83. The molecule has 0 spiro atoms. The zero-order chi connectivity index (χ0) is 41.3. The van der Waals surface area contributed by atoms with E-state index < -0.39 is 43.9 Å². The minimum Gasteiger partial charge on any atom is -0.480 e. The summed E-state index contributed by atoms with van der Waals surface area (Å²) < 4.78 is 58.2. The van der Waals surface area contributed by atoms with Crippen LogP contribution < -0.4 is 5.32 Å². The molecule has 0 aromatic rings. The van der Waals surface area contributed by atoms with Crippen LogP contribution in [-0.4, -0.2) is 35.6 Å². The summed E-state index contributed by atoms with van der Waals surface area (Å²) in [5, 5.41) is 11.6. The predicted molar refractivity (Wildman–Crippen MR) is 203 cm³/mol. The van der Waals surface area contributed by atoms with Crippen LogP contribution in [0, 0.1) is 5.89 Å². The molecule has 0 unspecified atom stereocenters. The average molecular weight is 683 g/mol. The fourth-order valence-corrected chi connectivity index (χ4v) is 5.65. The largest absolute Gasteiger partial charge is 0.480 e. The van der Waals surface area contributed by atoms with E-state index >= 15 is 0 Å². The van der Waals surface area contributed by atoms with Gasteiger partial charge in [-0.2, -0.15) is 0 Å². The second kappa shape index (κ2) is 36.2. The average Bonchev–Trinajstić information content (AvgIpc) is 3.11. The number of nitrogens with one attached hydrogen (secondary N) is 1. The number of amides is 1. The van der Waals surface area contributed by atoms with E-state index in [0.717, 1.165) is 64.2 Å². The van der Waals surface area contributed by atoms with E-state index in [1.54, 1.807) is 0 Å². The highest BCUT2D eigenvalue weighted by atomic mass is 16.5. The molecule has 0 aliphatic heterocycles. The minimum absolute atomic E-state index is 0.0436. The Bertz CT molecular complexity index is 1030. The number of ether oxygens (including phenoxy) is 1. The van der Waals surface area contributed by atoms with E-state index in [1.807, 2.05) is 0 Å². The molecule has 0 aromatic heterocycles. The number of carboxylic acid groups (broad SMARTS) is 1. The van der Waals surface area contributed by atoms with Crippen molar-refractivity contribution in [1.82, 2.24) is 5.32 Å². The van der Waals surface area contributed by atoms with Crippen LogP contribution in [0.2, 0.25) is 0 Å². The van der Waals surface area contributed by atoms with E-state index in [1.165, 1.54) is 96.3 Å². The third-order valence-electron chi connectivity index (χ3n) is 8.65. The predicted octanol–water partition coefficient (Wildman–Crippen LogP) is 12.2. The number of hydrogen-bond acceptors (Lipinski definition) is 4. The van der Waals surface area contributed by atoms with Crippen molar-refractivity contribution in [3.8, 4) is 0 Å². The molecule has 0 fully saturated rings. The van der Waals surface area contributed by atoms with Crippen LogP contribution in [0.4, 0.5) is 0 Å². The molecule has 2 N–H and O–H groups in total. The Balaban J connectivity index is 3.65. The Hall–Kier alpha value is -2.11. The molecule has 1 atom stereocenters. The molecule has 0 rings (SSSR count). The first kappa shape index (κ1) is 34.3. The standard InChI is InChI=1S/C42H77NO5/c1-4-5-6-7-8-9-10-11-13-17-20-23-26-29-32-35-41(45)48-36-33-30-27-24-21-18-15-12-14-16-19-22-25-28-31-34-40(44)43-39(42(46)47)37-38(2)3/h11-14,38-39H,4-10,15-37H2,1-3H3,(H,43,44)(H,46,47)/b13-11-,14-12-/t39-/m0/s1/i2D3,3D3,38D. The van der Waals surface area contributed by atoms with E-state index in [0.29, 0.717) is 19.4 Å². The lowest BCUT2D eigenvalue weighted by molar-refractivity contribution is -0.144. The summed E-state index contributed by atoms with van der Waals surface area (Å²) in [7, 11) is 0. The molecular formula is C42H77NO5. The van der Waals surface area contributed by atoms with Crippen LogP contribution in [0.3, 0.4) is 0 Å². The number of allylic oxidation sites excluding steroid dienone is 4. The molecule has 0 aliphatic rings. The first-order chi connectivity index (χ1) is 26.2. The summed E-state index contributed by atoms with van der Waals surface area (Å²) in [4.78, 5) is 35.9. The van der Waals surface area contributed by atoms with Crippen molar-refractivity contribution in [3.05, 3.63) is 24.3 Å². The van der Waals surface area contributed by atoms with Gasteiger partial charge in [0.05, 0.1) is 6.61 Å². The van der Waals surface area contributed by atoms with Crippen LogP contribution in [0.1, 0.15) is 216 Å². The molecule has 6 nitrogen and oxygen atoms in total. The van der Waals surface area contributed by atoms with Crippen molar-refractivity contribution in [1.29, 1.82) is 0 Å². The number of hydrogen-bond donors (Lipinski definition) is 2. The fourth-order valence-electron chi connectivity index (χ4n) is 5.65. The van der Waals surface area contributed by atoms with Gasteiger partial charge in [0.2, 0.25) is 5.91 Å². The number of carbonyl (C=O) groups is 3. The fraction of sp³-hybridized carbons (Fsp3) is 0.833. The summed E-state index contributed by atoms with van der Waals surface area (Å²) in [6.07, 6.45) is 38.0. The molecular weight excluding hydrogens is 598 g/mol. The Morgan fingerprint density at radius 1 is 0.625 bits per heavy atom. The lowest BCUT2D eigenvalue weighted by Crippen LogP contribution is -2.41. The Labute approximate surface area is 306 Å². The molecule has 6 heteroatoms. The zero-order valence-corrected chi connectivity index (χ0v) is 30.7. The first-order valence-corrected chi connectivity index (χ1v) is 19.6. The van der Waals surface area contributed by atoms with E-state index in [4.69, 9.17) is 14.3 Å². The Morgan fingerprint density at radius 2 is 1.04 bits per heavy atom. The van der Waals surface area contributed by atoms with E-state index in [2.05, 4.69) is 36.5 Å². The van der Waals surface area contributed by atoms with Crippen molar-refractivity contribution < 1.29 is 33.8 Å². The molecule has 0 saturated carbocycles. The van der Waals surface area contributed by atoms with E-state index in [9.17, 15) is 19.5 Å². The molecule has 1 amide bonds. The topological polar surface area (TPSA) is 92.7 Å². The van der Waals surface area contributed by atoms with Crippen LogP contribution >= 0.6 is 0 Å². The summed E-state index contributed by atoms with van der Waals surface area (Å²) in [5.41, 5.74) is 0. The smallest absolute Gasteiger partial charge is 0.326 e. The Morgan fingerprint density at radius 3 is 1.50 bits per heavy atom. The van der Waals surface area contributed by atoms with Gasteiger partial charge in [0.1, 0.15) is 6.04 Å². The van der Waals surface area contributed by atoms with Gasteiger partial charge in [-0.05, 0) is 82.9 Å². The van der Waals surface area contributed by atoms with Crippen LogP contribution in [0.15, 0.2) is 24.3 Å². The maximum Gasteiger partial charge on any atom is 0.326 e. The van der Waals surface area contributed by atoms with Gasteiger partial charge in [0.25, 0.3) is 0 Å². The van der Waals surface area contributed by atoms with Crippen molar-refractivity contribution in [2.45, 2.75) is 213 Å². The SMILES string of the molecule is [2H]C([2H])([2H])C([2H])(C[C@H](NC(=O)CCCCCCC/C=C\CCCCCCCCOC(=O)CCCCCCC/C=C\CCCCCCCC)C(=O)O)C([2H])([2H])[2H]. The van der Waals surface area contributed by atoms with Crippen LogP contribution in [0.5, 0.6) is 0 Å². The minimum atomic E-state index is -3.25. The van der Waals surface area contributed by atoms with Crippen molar-refractivity contribution in [2.24, 2.45) is 5.89 Å². The number of esters is 1. The summed E-state index contributed by atoms with van der Waals surface area (Å²) >= 11 is 0. The Kier molecular flexibility index (Phi) is 25.9. The van der Waals surface area contributed by atoms with Gasteiger partial charge in [-0.1, -0.05) is 141 Å². The second-order valence-corrected chi connectivity index (χ2v) is 13.4. The summed E-state index contributed by atoms with van der Waals surface area (Å²) in [5.74, 6) is -5.25. The number of carboxylic acids is 1. The summed E-state index contributed by atoms with van der Waals surface area (Å²) in [6.45, 7) is -3.71. The lowest BCUT2D eigenvalue weighted by Gasteiger charge is -2.16. The van der Waals surface area contributed by atoms with Crippen molar-refractivity contribution in [3.63, 3.8) is 0 Å². The third-order valence-corrected chi connectivity index (χ3v) is 8.65. The zero-order valence-electron chi connectivity index (χ0n) is 37.7. The van der Waals surface area contributed by atoms with Crippen LogP contribution in [0.25, 0.3) is 0 Å². The molecule has 0 heterocycles. The van der Waals surface area contributed by atoms with Crippen molar-refractivity contribution in [2.75, 3.05) is 6.61 Å². The normalized spacial score (nSPS) is 15.2. The maximum absolute atomic E-state index is 12.3.